The highest BCUT2D eigenvalue weighted by molar-refractivity contribution is 5.85. The van der Waals surface area contributed by atoms with Crippen molar-refractivity contribution >= 4 is 11.8 Å². The molecule has 21 heavy (non-hydrogen) atoms. The van der Waals surface area contributed by atoms with Gasteiger partial charge in [0.2, 0.25) is 11.8 Å². The van der Waals surface area contributed by atoms with E-state index < -0.39 is 18.1 Å². The van der Waals surface area contributed by atoms with E-state index in [1.807, 2.05) is 0 Å². The Morgan fingerprint density at radius 2 is 2.10 bits per heavy atom. The average molecular weight is 295 g/mol. The van der Waals surface area contributed by atoms with Crippen molar-refractivity contribution in [2.45, 2.75) is 51.3 Å². The van der Waals surface area contributed by atoms with Crippen LogP contribution in [0.25, 0.3) is 0 Å². The zero-order valence-electron chi connectivity index (χ0n) is 12.6. The number of rotatable bonds is 6. The number of hydrogen-bond acceptors (Lipinski definition) is 4. The van der Waals surface area contributed by atoms with Crippen LogP contribution in [-0.4, -0.2) is 41.7 Å². The van der Waals surface area contributed by atoms with Crippen LogP contribution in [0, 0.1) is 23.2 Å². The standard InChI is InChI=1S/C15H25N3O3/c1-15(2)8-6-17-11(10(8)15)14(21)18-9(5-7-3-4-7)12(19)13(16)20/h7-12,17,19H,3-6H2,1-2H3,(H2,16,20)(H,18,21)/t8-,9?,10-,11-,12?/m0/s1. The molecule has 1 aliphatic heterocycles. The molecule has 3 aliphatic rings. The molecular weight excluding hydrogens is 270 g/mol. The second kappa shape index (κ2) is 4.95. The van der Waals surface area contributed by atoms with Crippen molar-refractivity contribution in [1.29, 1.82) is 0 Å². The minimum Gasteiger partial charge on any atom is -0.381 e. The molecule has 118 valence electrons. The summed E-state index contributed by atoms with van der Waals surface area (Å²) >= 11 is 0. The second-order valence-corrected chi connectivity index (χ2v) is 7.48. The molecule has 2 saturated carbocycles. The van der Waals surface area contributed by atoms with Gasteiger partial charge < -0.3 is 21.5 Å². The monoisotopic (exact) mass is 295 g/mol. The fourth-order valence-electron chi connectivity index (χ4n) is 3.93. The van der Waals surface area contributed by atoms with Gasteiger partial charge >= 0.3 is 0 Å². The molecule has 1 saturated heterocycles. The predicted octanol–water partition coefficient (Wildman–Crippen LogP) is -0.638. The molecule has 3 rings (SSSR count). The summed E-state index contributed by atoms with van der Waals surface area (Å²) in [5.74, 6) is 0.510. The molecule has 5 N–H and O–H groups in total. The number of fused-ring (bicyclic) bond motifs is 1. The Morgan fingerprint density at radius 1 is 1.43 bits per heavy atom. The van der Waals surface area contributed by atoms with E-state index in [-0.39, 0.29) is 17.4 Å². The average Bonchev–Trinajstić information content (AvgIpc) is 3.23. The van der Waals surface area contributed by atoms with Crippen molar-refractivity contribution < 1.29 is 14.7 Å². The first-order valence-corrected chi connectivity index (χ1v) is 7.83. The summed E-state index contributed by atoms with van der Waals surface area (Å²) in [5, 5.41) is 16.0. The van der Waals surface area contributed by atoms with E-state index in [0.29, 0.717) is 24.2 Å². The first-order chi connectivity index (χ1) is 9.82. The first-order valence-electron chi connectivity index (χ1n) is 7.83. The maximum absolute atomic E-state index is 12.5. The maximum atomic E-state index is 12.5. The molecule has 0 aromatic rings. The third-order valence-electron chi connectivity index (χ3n) is 5.62. The lowest BCUT2D eigenvalue weighted by atomic mass is 10.00. The highest BCUT2D eigenvalue weighted by atomic mass is 16.3. The third-order valence-corrected chi connectivity index (χ3v) is 5.62. The lowest BCUT2D eigenvalue weighted by Gasteiger charge is -2.25. The zero-order valence-corrected chi connectivity index (χ0v) is 12.6. The molecule has 2 amide bonds. The minimum absolute atomic E-state index is 0.112. The van der Waals surface area contributed by atoms with Gasteiger partial charge in [0.25, 0.3) is 0 Å². The Bertz CT molecular complexity index is 461. The van der Waals surface area contributed by atoms with E-state index in [2.05, 4.69) is 24.5 Å². The number of nitrogens with one attached hydrogen (secondary N) is 2. The van der Waals surface area contributed by atoms with Crippen LogP contribution in [0.3, 0.4) is 0 Å². The van der Waals surface area contributed by atoms with E-state index in [0.717, 1.165) is 19.4 Å². The van der Waals surface area contributed by atoms with Gasteiger partial charge in [-0.05, 0) is 36.1 Å². The minimum atomic E-state index is -1.31. The van der Waals surface area contributed by atoms with Gasteiger partial charge in [-0.15, -0.1) is 0 Å². The van der Waals surface area contributed by atoms with E-state index >= 15 is 0 Å². The second-order valence-electron chi connectivity index (χ2n) is 7.48. The molecule has 0 aromatic heterocycles. The van der Waals surface area contributed by atoms with Crippen LogP contribution in [0.15, 0.2) is 0 Å². The van der Waals surface area contributed by atoms with E-state index in [4.69, 9.17) is 5.73 Å². The molecule has 0 bridgehead atoms. The highest BCUT2D eigenvalue weighted by Gasteiger charge is 2.65. The van der Waals surface area contributed by atoms with Gasteiger partial charge in [-0.25, -0.2) is 0 Å². The first kappa shape index (κ1) is 14.8. The highest BCUT2D eigenvalue weighted by Crippen LogP contribution is 2.62. The Labute approximate surface area is 124 Å². The van der Waals surface area contributed by atoms with Crippen LogP contribution in [0.4, 0.5) is 0 Å². The van der Waals surface area contributed by atoms with Crippen LogP contribution in [0.2, 0.25) is 0 Å². The Morgan fingerprint density at radius 3 is 2.57 bits per heavy atom. The van der Waals surface area contributed by atoms with Crippen molar-refractivity contribution in [1.82, 2.24) is 10.6 Å². The SMILES string of the molecule is CC1(C)[C@@H]2[C@@H](C(=O)NC(CC3CC3)C(O)C(N)=O)NC[C@@H]21. The third kappa shape index (κ3) is 2.66. The largest absolute Gasteiger partial charge is 0.381 e. The molecule has 2 aliphatic carbocycles. The molecule has 0 aromatic carbocycles. The van der Waals surface area contributed by atoms with E-state index in [9.17, 15) is 14.7 Å². The maximum Gasteiger partial charge on any atom is 0.248 e. The van der Waals surface area contributed by atoms with Crippen molar-refractivity contribution in [2.24, 2.45) is 28.9 Å². The number of amides is 2. The van der Waals surface area contributed by atoms with E-state index in [1.54, 1.807) is 0 Å². The number of aliphatic hydroxyl groups is 1. The van der Waals surface area contributed by atoms with Crippen molar-refractivity contribution in [2.75, 3.05) is 6.54 Å². The fourth-order valence-corrected chi connectivity index (χ4v) is 3.93. The van der Waals surface area contributed by atoms with Crippen molar-refractivity contribution in [3.63, 3.8) is 0 Å². The number of piperidine rings is 1. The molecule has 1 heterocycles. The summed E-state index contributed by atoms with van der Waals surface area (Å²) in [5.41, 5.74) is 5.39. The van der Waals surface area contributed by atoms with Gasteiger partial charge in [0.15, 0.2) is 6.10 Å². The Balaban J connectivity index is 1.62. The Kier molecular flexibility index (Phi) is 3.48. The van der Waals surface area contributed by atoms with Crippen LogP contribution >= 0.6 is 0 Å². The normalized spacial score (nSPS) is 35.7. The number of carbonyl (C=O) groups excluding carboxylic acids is 2. The summed E-state index contributed by atoms with van der Waals surface area (Å²) in [7, 11) is 0. The number of hydrogen-bond donors (Lipinski definition) is 4. The number of carbonyl (C=O) groups is 2. The molecule has 3 fully saturated rings. The molecular formula is C15H25N3O3. The summed E-state index contributed by atoms with van der Waals surface area (Å²) in [6, 6.07) is -0.781. The number of nitrogens with two attached hydrogens (primary N) is 1. The van der Waals surface area contributed by atoms with Crippen molar-refractivity contribution in [3.05, 3.63) is 0 Å². The van der Waals surface area contributed by atoms with Crippen LogP contribution in [0.1, 0.15) is 33.1 Å². The fraction of sp³-hybridized carbons (Fsp3) is 0.867. The van der Waals surface area contributed by atoms with E-state index in [1.165, 1.54) is 0 Å². The van der Waals surface area contributed by atoms with Gasteiger partial charge in [-0.3, -0.25) is 9.59 Å². The van der Waals surface area contributed by atoms with Gasteiger partial charge in [-0.2, -0.15) is 0 Å². The Hall–Kier alpha value is -1.14. The smallest absolute Gasteiger partial charge is 0.248 e. The molecule has 2 unspecified atom stereocenters. The van der Waals surface area contributed by atoms with Crippen LogP contribution in [0.5, 0.6) is 0 Å². The summed E-state index contributed by atoms with van der Waals surface area (Å²) in [6.07, 6.45) is 1.51. The van der Waals surface area contributed by atoms with Gasteiger partial charge in [0, 0.05) is 0 Å². The number of primary amides is 1. The predicted molar refractivity (Wildman–Crippen MR) is 77.0 cm³/mol. The van der Waals surface area contributed by atoms with Crippen molar-refractivity contribution in [3.8, 4) is 0 Å². The lowest BCUT2D eigenvalue weighted by Crippen LogP contribution is -2.54. The summed E-state index contributed by atoms with van der Waals surface area (Å²) in [6.45, 7) is 5.23. The van der Waals surface area contributed by atoms with Crippen LogP contribution < -0.4 is 16.4 Å². The number of aliphatic hydroxyl groups excluding tert-OH is 1. The summed E-state index contributed by atoms with van der Waals surface area (Å²) in [4.78, 5) is 23.7. The van der Waals surface area contributed by atoms with Gasteiger partial charge in [0.05, 0.1) is 12.1 Å². The summed E-state index contributed by atoms with van der Waals surface area (Å²) < 4.78 is 0. The van der Waals surface area contributed by atoms with Gasteiger partial charge in [0.1, 0.15) is 0 Å². The quantitative estimate of drug-likeness (QED) is 0.523. The molecule has 0 spiro atoms. The molecule has 6 nitrogen and oxygen atoms in total. The van der Waals surface area contributed by atoms with Gasteiger partial charge in [-0.1, -0.05) is 26.7 Å². The van der Waals surface area contributed by atoms with Crippen LogP contribution in [-0.2, 0) is 9.59 Å². The molecule has 0 radical (unpaired) electrons. The zero-order chi connectivity index (χ0) is 15.4. The topological polar surface area (TPSA) is 104 Å². The molecule has 6 heteroatoms. The molecule has 5 atom stereocenters. The lowest BCUT2D eigenvalue weighted by molar-refractivity contribution is -0.130.